The van der Waals surface area contributed by atoms with Gasteiger partial charge in [0.2, 0.25) is 0 Å². The van der Waals surface area contributed by atoms with Crippen molar-refractivity contribution in [1.82, 2.24) is 9.97 Å². The van der Waals surface area contributed by atoms with E-state index >= 15 is 0 Å². The van der Waals surface area contributed by atoms with Crippen molar-refractivity contribution >= 4 is 21.5 Å². The van der Waals surface area contributed by atoms with E-state index in [-0.39, 0.29) is 21.1 Å². The molecule has 0 spiro atoms. The SMILES string of the molecule is [Pt+2].c1ccc2c(CCCc3nccc4ccccc34)nccc2c1. The fraction of sp³-hybridized carbons (Fsp3) is 0.143. The maximum absolute atomic E-state index is 4.58. The molecule has 0 aliphatic rings. The van der Waals surface area contributed by atoms with Crippen molar-refractivity contribution in [2.24, 2.45) is 0 Å². The van der Waals surface area contributed by atoms with E-state index in [1.165, 1.54) is 32.9 Å². The molecule has 3 heteroatoms. The van der Waals surface area contributed by atoms with Gasteiger partial charge < -0.3 is 0 Å². The van der Waals surface area contributed by atoms with E-state index in [1.807, 2.05) is 12.4 Å². The minimum atomic E-state index is 0. The van der Waals surface area contributed by atoms with Crippen LogP contribution < -0.4 is 0 Å². The molecule has 0 N–H and O–H groups in total. The van der Waals surface area contributed by atoms with E-state index in [0.29, 0.717) is 0 Å². The van der Waals surface area contributed by atoms with Crippen LogP contribution in [0.2, 0.25) is 0 Å². The fourth-order valence-corrected chi connectivity index (χ4v) is 3.19. The number of hydrogen-bond acceptors (Lipinski definition) is 2. The number of aryl methyl sites for hydroxylation is 2. The summed E-state index contributed by atoms with van der Waals surface area (Å²) in [6, 6.07) is 21.1. The topological polar surface area (TPSA) is 25.8 Å². The average molecular weight is 493 g/mol. The predicted octanol–water partition coefficient (Wildman–Crippen LogP) is 4.96. The molecule has 2 nitrogen and oxygen atoms in total. The zero-order valence-electron chi connectivity index (χ0n) is 13.3. The molecule has 0 saturated carbocycles. The third-order valence-corrected chi connectivity index (χ3v) is 4.34. The van der Waals surface area contributed by atoms with E-state index in [4.69, 9.17) is 0 Å². The summed E-state index contributed by atoms with van der Waals surface area (Å²) in [7, 11) is 0. The van der Waals surface area contributed by atoms with Gasteiger partial charge in [-0.15, -0.1) is 0 Å². The second-order valence-corrected chi connectivity index (χ2v) is 5.81. The van der Waals surface area contributed by atoms with Gasteiger partial charge in [0.15, 0.2) is 0 Å². The number of rotatable bonds is 4. The van der Waals surface area contributed by atoms with Crippen LogP contribution in [-0.4, -0.2) is 9.97 Å². The summed E-state index contributed by atoms with van der Waals surface area (Å²) >= 11 is 0. The zero-order valence-corrected chi connectivity index (χ0v) is 15.5. The first kappa shape index (κ1) is 16.8. The summed E-state index contributed by atoms with van der Waals surface area (Å²) in [6.07, 6.45) is 6.84. The van der Waals surface area contributed by atoms with E-state index in [2.05, 4.69) is 70.6 Å². The molecule has 4 rings (SSSR count). The summed E-state index contributed by atoms with van der Waals surface area (Å²) in [6.45, 7) is 0. The van der Waals surface area contributed by atoms with Gasteiger partial charge in [0, 0.05) is 34.6 Å². The normalized spacial score (nSPS) is 10.7. The van der Waals surface area contributed by atoms with Gasteiger partial charge in [-0.2, -0.15) is 0 Å². The molecular weight excluding hydrogens is 475 g/mol. The summed E-state index contributed by atoms with van der Waals surface area (Å²) in [5, 5.41) is 5.06. The van der Waals surface area contributed by atoms with Crippen molar-refractivity contribution in [2.75, 3.05) is 0 Å². The fourth-order valence-electron chi connectivity index (χ4n) is 3.19. The van der Waals surface area contributed by atoms with E-state index in [0.717, 1.165) is 19.3 Å². The molecule has 2 heterocycles. The number of aromatic nitrogens is 2. The van der Waals surface area contributed by atoms with Crippen LogP contribution in [0.25, 0.3) is 21.5 Å². The number of fused-ring (bicyclic) bond motifs is 2. The third-order valence-electron chi connectivity index (χ3n) is 4.34. The van der Waals surface area contributed by atoms with Gasteiger partial charge in [-0.25, -0.2) is 0 Å². The molecule has 0 saturated heterocycles. The Kier molecular flexibility index (Phi) is 5.37. The number of benzene rings is 2. The minimum absolute atomic E-state index is 0. The van der Waals surface area contributed by atoms with Gasteiger partial charge >= 0.3 is 21.1 Å². The Balaban J connectivity index is 0.00000169. The first-order chi connectivity index (χ1) is 11.4. The number of nitrogens with zero attached hydrogens (tertiary/aromatic N) is 2. The molecule has 0 amide bonds. The van der Waals surface area contributed by atoms with Crippen LogP contribution in [0.3, 0.4) is 0 Å². The molecule has 0 atom stereocenters. The molecule has 0 fully saturated rings. The van der Waals surface area contributed by atoms with E-state index in [1.54, 1.807) is 0 Å². The van der Waals surface area contributed by atoms with Crippen LogP contribution in [0.4, 0.5) is 0 Å². The largest absolute Gasteiger partial charge is 2.00 e. The summed E-state index contributed by atoms with van der Waals surface area (Å²) in [4.78, 5) is 9.16. The van der Waals surface area contributed by atoms with E-state index < -0.39 is 0 Å². The van der Waals surface area contributed by atoms with Crippen LogP contribution in [0.15, 0.2) is 73.1 Å². The Morgan fingerprint density at radius 2 is 1.04 bits per heavy atom. The maximum Gasteiger partial charge on any atom is 2.00 e. The van der Waals surface area contributed by atoms with Crippen molar-refractivity contribution in [1.29, 1.82) is 0 Å². The summed E-state index contributed by atoms with van der Waals surface area (Å²) in [5.41, 5.74) is 2.37. The molecule has 0 radical (unpaired) electrons. The molecular formula is C21H18N2Pt+2. The Morgan fingerprint density at radius 3 is 1.54 bits per heavy atom. The Bertz CT molecular complexity index is 876. The van der Waals surface area contributed by atoms with Crippen LogP contribution in [0.1, 0.15) is 17.8 Å². The van der Waals surface area contributed by atoms with Gasteiger partial charge in [0.25, 0.3) is 0 Å². The first-order valence-electron chi connectivity index (χ1n) is 8.07. The Morgan fingerprint density at radius 1 is 0.583 bits per heavy atom. The van der Waals surface area contributed by atoms with Crippen LogP contribution in [0.5, 0.6) is 0 Å². The minimum Gasteiger partial charge on any atom is -0.261 e. The average Bonchev–Trinajstić information content (AvgIpc) is 2.62. The molecule has 0 bridgehead atoms. The van der Waals surface area contributed by atoms with Crippen molar-refractivity contribution in [3.8, 4) is 0 Å². The summed E-state index contributed by atoms with van der Waals surface area (Å²) < 4.78 is 0. The molecule has 4 aromatic rings. The van der Waals surface area contributed by atoms with Crippen molar-refractivity contribution < 1.29 is 21.1 Å². The number of pyridine rings is 2. The van der Waals surface area contributed by atoms with Crippen molar-refractivity contribution in [3.63, 3.8) is 0 Å². The quantitative estimate of drug-likeness (QED) is 0.402. The van der Waals surface area contributed by atoms with Gasteiger partial charge in [0.05, 0.1) is 0 Å². The first-order valence-corrected chi connectivity index (χ1v) is 8.07. The van der Waals surface area contributed by atoms with Gasteiger partial charge in [-0.3, -0.25) is 9.97 Å². The Labute approximate surface area is 156 Å². The monoisotopic (exact) mass is 493 g/mol. The Hall–Kier alpha value is -2.05. The zero-order chi connectivity index (χ0) is 15.5. The number of hydrogen-bond donors (Lipinski definition) is 0. The van der Waals surface area contributed by atoms with Gasteiger partial charge in [-0.1, -0.05) is 48.5 Å². The van der Waals surface area contributed by atoms with Gasteiger partial charge in [-0.05, 0) is 42.2 Å². The van der Waals surface area contributed by atoms with Crippen LogP contribution >= 0.6 is 0 Å². The van der Waals surface area contributed by atoms with Crippen molar-refractivity contribution in [3.05, 3.63) is 84.4 Å². The second kappa shape index (κ2) is 7.68. The molecule has 0 aliphatic carbocycles. The third kappa shape index (κ3) is 3.39. The summed E-state index contributed by atoms with van der Waals surface area (Å²) in [5.74, 6) is 0. The van der Waals surface area contributed by atoms with Crippen LogP contribution in [-0.2, 0) is 33.9 Å². The van der Waals surface area contributed by atoms with Crippen LogP contribution in [0, 0.1) is 0 Å². The maximum atomic E-state index is 4.58. The molecule has 0 unspecified atom stereocenters. The molecule has 24 heavy (non-hydrogen) atoms. The van der Waals surface area contributed by atoms with E-state index in [9.17, 15) is 0 Å². The molecule has 0 aliphatic heterocycles. The predicted molar refractivity (Wildman–Crippen MR) is 95.5 cm³/mol. The van der Waals surface area contributed by atoms with Crippen molar-refractivity contribution in [2.45, 2.75) is 19.3 Å². The molecule has 2 aromatic heterocycles. The standard InChI is InChI=1S/C21H18N2.Pt/c1-3-8-18-16(6-1)12-14-22-20(18)10-5-11-21-19-9-4-2-7-17(19)13-15-23-21;/h1-4,6-9,12-15H,5,10-11H2;/q;+2. The van der Waals surface area contributed by atoms with Gasteiger partial charge in [0.1, 0.15) is 0 Å². The second-order valence-electron chi connectivity index (χ2n) is 5.81. The molecule has 120 valence electrons. The molecule has 2 aromatic carbocycles. The smallest absolute Gasteiger partial charge is 0.261 e.